The van der Waals surface area contributed by atoms with Gasteiger partial charge < -0.3 is 9.88 Å². The third kappa shape index (κ3) is 3.44. The Balaban J connectivity index is 1.82. The second-order valence-corrected chi connectivity index (χ2v) is 9.07. The lowest BCUT2D eigenvalue weighted by Crippen LogP contribution is -2.17. The second-order valence-electron chi connectivity index (χ2n) is 7.12. The molecule has 3 aromatic rings. The van der Waals surface area contributed by atoms with Gasteiger partial charge in [0.25, 0.3) is 0 Å². The molecule has 4 rings (SSSR count). The van der Waals surface area contributed by atoms with Crippen LogP contribution in [-0.4, -0.2) is 26.1 Å². The van der Waals surface area contributed by atoms with Gasteiger partial charge in [-0.1, -0.05) is 0 Å². The maximum absolute atomic E-state index is 13.1. The number of benzene rings is 2. The summed E-state index contributed by atoms with van der Waals surface area (Å²) in [5.41, 5.74) is 2.49. The van der Waals surface area contributed by atoms with E-state index in [1.54, 1.807) is 18.2 Å². The van der Waals surface area contributed by atoms with E-state index in [2.05, 4.69) is 16.8 Å². The third-order valence-electron chi connectivity index (χ3n) is 5.47. The molecule has 154 valence electrons. The minimum Gasteiger partial charge on any atom is -0.345 e. The molecule has 4 nitrogen and oxygen atoms in total. The van der Waals surface area contributed by atoms with Gasteiger partial charge in [0.2, 0.25) is 9.84 Å². The molecule has 1 aliphatic rings. The summed E-state index contributed by atoms with van der Waals surface area (Å²) in [6.45, 7) is 4.55. The number of aryl methyl sites for hydroxylation is 1. The highest BCUT2D eigenvalue weighted by atomic mass is 32.2. The number of sulfone groups is 1. The van der Waals surface area contributed by atoms with Gasteiger partial charge in [0.15, 0.2) is 0 Å². The maximum Gasteiger partial charge on any atom is 0.416 e. The van der Waals surface area contributed by atoms with Gasteiger partial charge in [-0.15, -0.1) is 0 Å². The highest BCUT2D eigenvalue weighted by Gasteiger charge is 2.31. The summed E-state index contributed by atoms with van der Waals surface area (Å²) in [5, 5.41) is 4.26. The van der Waals surface area contributed by atoms with Gasteiger partial charge in [-0.3, -0.25) is 0 Å². The van der Waals surface area contributed by atoms with E-state index in [1.165, 1.54) is 5.69 Å². The second kappa shape index (κ2) is 7.18. The van der Waals surface area contributed by atoms with E-state index in [1.807, 2.05) is 0 Å². The Labute approximate surface area is 167 Å². The number of rotatable bonds is 3. The lowest BCUT2D eigenvalue weighted by molar-refractivity contribution is -0.137. The fourth-order valence-corrected chi connectivity index (χ4v) is 5.34. The van der Waals surface area contributed by atoms with Crippen molar-refractivity contribution in [1.82, 2.24) is 9.88 Å². The van der Waals surface area contributed by atoms with Crippen molar-refractivity contribution in [3.8, 4) is 0 Å². The van der Waals surface area contributed by atoms with Crippen LogP contribution < -0.4 is 5.32 Å². The number of aromatic nitrogens is 1. The predicted molar refractivity (Wildman–Crippen MR) is 105 cm³/mol. The molecule has 2 heterocycles. The molecule has 0 atom stereocenters. The molecule has 0 aliphatic carbocycles. The van der Waals surface area contributed by atoms with Gasteiger partial charge in [0.05, 0.1) is 15.4 Å². The van der Waals surface area contributed by atoms with E-state index in [-0.39, 0.29) is 9.79 Å². The molecule has 0 spiro atoms. The molecule has 0 amide bonds. The summed E-state index contributed by atoms with van der Waals surface area (Å²) in [6.07, 6.45) is -2.82. The smallest absolute Gasteiger partial charge is 0.345 e. The molecule has 0 saturated heterocycles. The summed E-state index contributed by atoms with van der Waals surface area (Å²) in [7, 11) is -3.92. The Hall–Kier alpha value is -2.32. The van der Waals surface area contributed by atoms with Crippen LogP contribution in [0, 0.1) is 0 Å². The summed E-state index contributed by atoms with van der Waals surface area (Å²) >= 11 is 0. The molecule has 1 aromatic heterocycles. The SMILES string of the molecule is CCn1c2c(c3cc(S(=O)(=O)c4ccc(C(F)(F)F)cc4)ccc31)CCNCC2. The molecule has 1 aliphatic heterocycles. The zero-order valence-corrected chi connectivity index (χ0v) is 16.7. The molecular formula is C21H21F3N2O2S. The number of fused-ring (bicyclic) bond motifs is 3. The number of nitrogens with one attached hydrogen (secondary N) is 1. The molecule has 0 saturated carbocycles. The van der Waals surface area contributed by atoms with Gasteiger partial charge in [0.1, 0.15) is 0 Å². The van der Waals surface area contributed by atoms with Crippen LogP contribution in [0.15, 0.2) is 52.3 Å². The Bertz CT molecular complexity index is 1160. The number of halogens is 3. The quantitative estimate of drug-likeness (QED) is 0.688. The van der Waals surface area contributed by atoms with Crippen LogP contribution in [0.5, 0.6) is 0 Å². The zero-order chi connectivity index (χ0) is 20.8. The normalized spacial score (nSPS) is 15.3. The highest BCUT2D eigenvalue weighted by Crippen LogP contribution is 2.33. The minimum absolute atomic E-state index is 0.0954. The topological polar surface area (TPSA) is 51.1 Å². The summed E-state index contributed by atoms with van der Waals surface area (Å²) in [5.74, 6) is 0. The number of hydrogen-bond donors (Lipinski definition) is 1. The maximum atomic E-state index is 13.1. The number of hydrogen-bond acceptors (Lipinski definition) is 3. The molecular weight excluding hydrogens is 401 g/mol. The lowest BCUT2D eigenvalue weighted by Gasteiger charge is -2.10. The molecule has 0 unspecified atom stereocenters. The van der Waals surface area contributed by atoms with Crippen LogP contribution in [0.2, 0.25) is 0 Å². The number of nitrogens with zero attached hydrogens (tertiary/aromatic N) is 1. The average Bonchev–Trinajstić information content (AvgIpc) is 2.82. The van der Waals surface area contributed by atoms with Crippen molar-refractivity contribution < 1.29 is 21.6 Å². The largest absolute Gasteiger partial charge is 0.416 e. The fourth-order valence-electron chi connectivity index (χ4n) is 4.05. The summed E-state index contributed by atoms with van der Waals surface area (Å²) in [6, 6.07) is 8.65. The van der Waals surface area contributed by atoms with Crippen molar-refractivity contribution >= 4 is 20.7 Å². The van der Waals surface area contributed by atoms with Crippen molar-refractivity contribution in [1.29, 1.82) is 0 Å². The van der Waals surface area contributed by atoms with Gasteiger partial charge in [-0.05, 0) is 67.9 Å². The predicted octanol–water partition coefficient (Wildman–Crippen LogP) is 4.20. The summed E-state index contributed by atoms with van der Waals surface area (Å²) < 4.78 is 66.7. The Morgan fingerprint density at radius 2 is 1.66 bits per heavy atom. The first-order chi connectivity index (χ1) is 13.7. The van der Waals surface area contributed by atoms with Crippen LogP contribution in [0.25, 0.3) is 10.9 Å². The Morgan fingerprint density at radius 3 is 2.31 bits per heavy atom. The van der Waals surface area contributed by atoms with E-state index in [9.17, 15) is 21.6 Å². The van der Waals surface area contributed by atoms with Crippen molar-refractivity contribution in [3.63, 3.8) is 0 Å². The minimum atomic E-state index is -4.50. The molecule has 0 fully saturated rings. The van der Waals surface area contributed by atoms with E-state index in [0.29, 0.717) is 0 Å². The molecule has 2 aromatic carbocycles. The van der Waals surface area contributed by atoms with Crippen molar-refractivity contribution in [2.45, 2.75) is 42.3 Å². The Morgan fingerprint density at radius 1 is 1.00 bits per heavy atom. The first kappa shape index (κ1) is 20.0. The first-order valence-corrected chi connectivity index (χ1v) is 11.0. The molecule has 1 N–H and O–H groups in total. The van der Waals surface area contributed by atoms with Gasteiger partial charge in [-0.2, -0.15) is 13.2 Å². The van der Waals surface area contributed by atoms with Crippen LogP contribution in [0.4, 0.5) is 13.2 Å². The fraction of sp³-hybridized carbons (Fsp3) is 0.333. The highest BCUT2D eigenvalue weighted by molar-refractivity contribution is 7.91. The van der Waals surface area contributed by atoms with Crippen molar-refractivity contribution in [2.75, 3.05) is 13.1 Å². The molecule has 29 heavy (non-hydrogen) atoms. The van der Waals surface area contributed by atoms with Crippen molar-refractivity contribution in [3.05, 3.63) is 59.3 Å². The molecule has 0 bridgehead atoms. The zero-order valence-electron chi connectivity index (χ0n) is 15.9. The van der Waals surface area contributed by atoms with E-state index < -0.39 is 21.6 Å². The monoisotopic (exact) mass is 422 g/mol. The van der Waals surface area contributed by atoms with Crippen molar-refractivity contribution in [2.24, 2.45) is 0 Å². The lowest BCUT2D eigenvalue weighted by atomic mass is 10.1. The van der Waals surface area contributed by atoms with E-state index in [0.717, 1.165) is 73.2 Å². The Kier molecular flexibility index (Phi) is 4.94. The summed E-state index contributed by atoms with van der Waals surface area (Å²) in [4.78, 5) is -0.0504. The van der Waals surface area contributed by atoms with Crippen LogP contribution in [0.1, 0.15) is 23.7 Å². The van der Waals surface area contributed by atoms with E-state index >= 15 is 0 Å². The van der Waals surface area contributed by atoms with Gasteiger partial charge in [-0.25, -0.2) is 8.42 Å². The molecule has 8 heteroatoms. The van der Waals surface area contributed by atoms with Crippen LogP contribution in [0.3, 0.4) is 0 Å². The van der Waals surface area contributed by atoms with Gasteiger partial charge in [0, 0.05) is 36.1 Å². The molecule has 0 radical (unpaired) electrons. The van der Waals surface area contributed by atoms with E-state index in [4.69, 9.17) is 0 Å². The number of alkyl halides is 3. The van der Waals surface area contributed by atoms with Crippen LogP contribution in [-0.2, 0) is 35.4 Å². The first-order valence-electron chi connectivity index (χ1n) is 9.50. The third-order valence-corrected chi connectivity index (χ3v) is 7.23. The average molecular weight is 422 g/mol. The standard InChI is InChI=1S/C21H21F3N2O2S/c1-2-26-19-8-7-16(13-18(19)17-9-11-25-12-10-20(17)26)29(27,28)15-5-3-14(4-6-15)21(22,23)24/h3-8,13,25H,2,9-12H2,1H3. The van der Waals surface area contributed by atoms with Crippen LogP contribution >= 0.6 is 0 Å². The van der Waals surface area contributed by atoms with Gasteiger partial charge >= 0.3 is 6.18 Å².